The lowest BCUT2D eigenvalue weighted by atomic mass is 9.91. The van der Waals surface area contributed by atoms with Crippen LogP contribution >= 0.6 is 0 Å². The number of esters is 1. The Morgan fingerprint density at radius 1 is 0.870 bits per heavy atom. The summed E-state index contributed by atoms with van der Waals surface area (Å²) in [5.74, 6) is -0.589. The molecule has 3 aromatic carbocycles. The number of carbonyl (C=O) groups excluding carboxylic acids is 3. The largest absolute Gasteiger partial charge is 0.480 e. The number of cyclic esters (lactones) is 1. The Kier molecular flexibility index (Phi) is 9.82. The molecular weight excluding hydrogens is 578 g/mol. The summed E-state index contributed by atoms with van der Waals surface area (Å²) < 4.78 is 12.0. The lowest BCUT2D eigenvalue weighted by molar-refractivity contribution is -0.144. The number of carbonyl (C=O) groups is 3. The van der Waals surface area contributed by atoms with Crippen LogP contribution in [-0.4, -0.2) is 41.5 Å². The fraction of sp³-hybridized carbons (Fsp3) is 0.342. The molecule has 0 radical (unpaired) electrons. The van der Waals surface area contributed by atoms with E-state index in [0.717, 1.165) is 53.3 Å². The first-order valence-corrected chi connectivity index (χ1v) is 16.3. The molecule has 4 aromatic rings. The van der Waals surface area contributed by atoms with Gasteiger partial charge in [-0.05, 0) is 66.0 Å². The van der Waals surface area contributed by atoms with Crippen LogP contribution in [0.2, 0.25) is 0 Å². The topological polar surface area (TPSA) is 110 Å². The van der Waals surface area contributed by atoms with Crippen molar-refractivity contribution in [3.05, 3.63) is 113 Å². The standard InChI is InChI=1S/C38H41N3O5/c1-25-11-9-20-35(42)45-22-21-34(46-33-19-10-15-26-12-5-6-17-30(26)33)38(44)40-32(23-28-24-39-31-18-8-7-16-29(28)31)37(43)41-36(25)27-13-3-2-4-14-27/h2-4,7-11,13-16,18-19,24-25,32,34,36,39H,5-6,12,17,20-23H2,1H3,(H,40,44)(H,41,43)/b11-9+/t25-,32-,34?,36+/m0/s1. The molecule has 2 amide bonds. The number of amides is 2. The van der Waals surface area contributed by atoms with Crippen LogP contribution in [0.1, 0.15) is 60.9 Å². The number of hydrogen-bond acceptors (Lipinski definition) is 5. The van der Waals surface area contributed by atoms with E-state index >= 15 is 0 Å². The monoisotopic (exact) mass is 619 g/mol. The summed E-state index contributed by atoms with van der Waals surface area (Å²) in [7, 11) is 0. The molecule has 46 heavy (non-hydrogen) atoms. The SMILES string of the molecule is C[C@H]1/C=C/CC(=O)OCCC(Oc2cccc3c2CCCC3)C(=O)N[C@@H](Cc2c[nH]c3ccccc23)C(=O)N[C@H]1c1ccccc1. The number of aromatic amines is 1. The normalized spacial score (nSPS) is 23.6. The van der Waals surface area contributed by atoms with Gasteiger partial charge in [-0.25, -0.2) is 0 Å². The molecule has 1 aliphatic heterocycles. The highest BCUT2D eigenvalue weighted by atomic mass is 16.5. The van der Waals surface area contributed by atoms with Gasteiger partial charge in [0.25, 0.3) is 5.91 Å². The second-order valence-electron chi connectivity index (χ2n) is 12.2. The van der Waals surface area contributed by atoms with Crippen molar-refractivity contribution in [1.82, 2.24) is 15.6 Å². The van der Waals surface area contributed by atoms with Crippen LogP contribution in [0.5, 0.6) is 5.75 Å². The van der Waals surface area contributed by atoms with Gasteiger partial charge in [-0.2, -0.15) is 0 Å². The Balaban J connectivity index is 1.34. The van der Waals surface area contributed by atoms with Crippen LogP contribution in [0.15, 0.2) is 91.1 Å². The Morgan fingerprint density at radius 2 is 1.67 bits per heavy atom. The average molecular weight is 620 g/mol. The van der Waals surface area contributed by atoms with Crippen LogP contribution in [-0.2, 0) is 38.4 Å². The van der Waals surface area contributed by atoms with E-state index in [0.29, 0.717) is 5.75 Å². The van der Waals surface area contributed by atoms with E-state index in [1.807, 2.05) is 85.9 Å². The third-order valence-electron chi connectivity index (χ3n) is 9.00. The lowest BCUT2D eigenvalue weighted by Gasteiger charge is -2.28. The van der Waals surface area contributed by atoms with Crippen molar-refractivity contribution in [2.24, 2.45) is 5.92 Å². The molecule has 3 N–H and O–H groups in total. The number of aryl methyl sites for hydroxylation is 1. The van der Waals surface area contributed by atoms with Gasteiger partial charge in [-0.3, -0.25) is 14.4 Å². The third kappa shape index (κ3) is 7.33. The zero-order chi connectivity index (χ0) is 31.9. The predicted octanol–water partition coefficient (Wildman–Crippen LogP) is 5.91. The number of H-pyrrole nitrogens is 1. The molecular formula is C38H41N3O5. The first-order valence-electron chi connectivity index (χ1n) is 16.3. The van der Waals surface area contributed by atoms with Crippen LogP contribution < -0.4 is 15.4 Å². The number of para-hydroxylation sites is 1. The number of rotatable bonds is 5. The maximum atomic E-state index is 14.2. The molecule has 2 aliphatic rings. The minimum Gasteiger partial charge on any atom is -0.480 e. The molecule has 1 unspecified atom stereocenters. The summed E-state index contributed by atoms with van der Waals surface area (Å²) in [6.45, 7) is 2.01. The summed E-state index contributed by atoms with van der Waals surface area (Å²) in [6, 6.07) is 22.3. The summed E-state index contributed by atoms with van der Waals surface area (Å²) in [5.41, 5.74) is 5.15. The number of nitrogens with one attached hydrogen (secondary N) is 3. The zero-order valence-electron chi connectivity index (χ0n) is 26.2. The van der Waals surface area contributed by atoms with Gasteiger partial charge in [-0.1, -0.05) is 79.7 Å². The van der Waals surface area contributed by atoms with Gasteiger partial charge in [0, 0.05) is 29.9 Å². The van der Waals surface area contributed by atoms with Crippen molar-refractivity contribution < 1.29 is 23.9 Å². The fourth-order valence-corrected chi connectivity index (χ4v) is 6.51. The molecule has 8 nitrogen and oxygen atoms in total. The molecule has 238 valence electrons. The Hall–Kier alpha value is -4.85. The number of benzene rings is 3. The van der Waals surface area contributed by atoms with Crippen LogP contribution in [0, 0.1) is 5.92 Å². The van der Waals surface area contributed by atoms with Crippen LogP contribution in [0.3, 0.4) is 0 Å². The van der Waals surface area contributed by atoms with E-state index in [9.17, 15) is 14.4 Å². The minimum atomic E-state index is -0.969. The lowest BCUT2D eigenvalue weighted by Crippen LogP contribution is -2.53. The highest BCUT2D eigenvalue weighted by Gasteiger charge is 2.31. The summed E-state index contributed by atoms with van der Waals surface area (Å²) in [4.78, 5) is 44.2. The maximum Gasteiger partial charge on any atom is 0.309 e. The van der Waals surface area contributed by atoms with E-state index in [1.165, 1.54) is 5.56 Å². The van der Waals surface area contributed by atoms with E-state index in [2.05, 4.69) is 21.7 Å². The van der Waals surface area contributed by atoms with Gasteiger partial charge >= 0.3 is 5.97 Å². The van der Waals surface area contributed by atoms with Gasteiger partial charge in [-0.15, -0.1) is 0 Å². The van der Waals surface area contributed by atoms with Crippen molar-refractivity contribution >= 4 is 28.7 Å². The minimum absolute atomic E-state index is 0.0152. The molecule has 4 atom stereocenters. The molecule has 0 saturated heterocycles. The van der Waals surface area contributed by atoms with Crippen LogP contribution in [0.25, 0.3) is 10.9 Å². The Labute approximate surface area is 269 Å². The fourth-order valence-electron chi connectivity index (χ4n) is 6.51. The maximum absolute atomic E-state index is 14.2. The smallest absolute Gasteiger partial charge is 0.309 e. The number of fused-ring (bicyclic) bond motifs is 2. The molecule has 1 aromatic heterocycles. The van der Waals surface area contributed by atoms with E-state index in [1.54, 1.807) is 6.08 Å². The Bertz CT molecular complexity index is 1710. The third-order valence-corrected chi connectivity index (χ3v) is 9.00. The summed E-state index contributed by atoms with van der Waals surface area (Å²) >= 11 is 0. The van der Waals surface area contributed by atoms with Crippen molar-refractivity contribution in [3.8, 4) is 5.75 Å². The molecule has 2 heterocycles. The summed E-state index contributed by atoms with van der Waals surface area (Å²) in [6.07, 6.45) is 9.18. The van der Waals surface area contributed by atoms with E-state index in [4.69, 9.17) is 9.47 Å². The van der Waals surface area contributed by atoms with Crippen molar-refractivity contribution in [2.45, 2.75) is 70.1 Å². The van der Waals surface area contributed by atoms with Gasteiger partial charge in [0.05, 0.1) is 19.1 Å². The van der Waals surface area contributed by atoms with Gasteiger partial charge in [0.15, 0.2) is 6.10 Å². The van der Waals surface area contributed by atoms with Crippen molar-refractivity contribution in [3.63, 3.8) is 0 Å². The molecule has 6 rings (SSSR count). The number of ether oxygens (including phenoxy) is 2. The predicted molar refractivity (Wildman–Crippen MR) is 177 cm³/mol. The van der Waals surface area contributed by atoms with Crippen LogP contribution in [0.4, 0.5) is 0 Å². The molecule has 0 fully saturated rings. The van der Waals surface area contributed by atoms with Gasteiger partial charge in [0.2, 0.25) is 5.91 Å². The highest BCUT2D eigenvalue weighted by molar-refractivity contribution is 5.91. The molecule has 8 heteroatoms. The number of hydrogen-bond donors (Lipinski definition) is 3. The second kappa shape index (κ2) is 14.5. The molecule has 0 saturated carbocycles. The quantitative estimate of drug-likeness (QED) is 0.190. The molecule has 0 bridgehead atoms. The van der Waals surface area contributed by atoms with Crippen molar-refractivity contribution in [2.75, 3.05) is 6.61 Å². The Morgan fingerprint density at radius 3 is 2.54 bits per heavy atom. The second-order valence-corrected chi connectivity index (χ2v) is 12.2. The molecule has 0 spiro atoms. The highest BCUT2D eigenvalue weighted by Crippen LogP contribution is 2.31. The average Bonchev–Trinajstić information content (AvgIpc) is 3.49. The number of aromatic nitrogens is 1. The van der Waals surface area contributed by atoms with Gasteiger partial charge in [0.1, 0.15) is 11.8 Å². The summed E-state index contributed by atoms with van der Waals surface area (Å²) in [5, 5.41) is 7.26. The van der Waals surface area contributed by atoms with E-state index in [-0.39, 0.29) is 43.7 Å². The van der Waals surface area contributed by atoms with E-state index < -0.39 is 24.1 Å². The van der Waals surface area contributed by atoms with Crippen molar-refractivity contribution in [1.29, 1.82) is 0 Å². The molecule has 1 aliphatic carbocycles. The zero-order valence-corrected chi connectivity index (χ0v) is 26.2. The van der Waals surface area contributed by atoms with Gasteiger partial charge < -0.3 is 25.1 Å². The first kappa shape index (κ1) is 31.1. The first-order chi connectivity index (χ1) is 22.5.